The highest BCUT2D eigenvalue weighted by atomic mass is 16.5. The molecule has 0 bridgehead atoms. The molecule has 1 saturated heterocycles. The highest BCUT2D eigenvalue weighted by molar-refractivity contribution is 5.80. The third kappa shape index (κ3) is 4.42. The van der Waals surface area contributed by atoms with Gasteiger partial charge in [0.15, 0.2) is 0 Å². The number of hydrogen-bond donors (Lipinski definition) is 0. The summed E-state index contributed by atoms with van der Waals surface area (Å²) in [7, 11) is 1.65. The maximum atomic E-state index is 13.4. The molecule has 2 amide bonds. The first-order valence-corrected chi connectivity index (χ1v) is 10.9. The van der Waals surface area contributed by atoms with Crippen LogP contribution in [0.1, 0.15) is 50.1 Å². The number of fused-ring (bicyclic) bond motifs is 3. The first kappa shape index (κ1) is 20.2. The van der Waals surface area contributed by atoms with Crippen molar-refractivity contribution in [2.24, 2.45) is 11.8 Å². The van der Waals surface area contributed by atoms with Gasteiger partial charge in [-0.25, -0.2) is 0 Å². The zero-order valence-electron chi connectivity index (χ0n) is 17.3. The fraction of sp³-hybridized carbons (Fsp3) is 0.652. The van der Waals surface area contributed by atoms with Crippen LogP contribution in [0.5, 0.6) is 5.75 Å². The van der Waals surface area contributed by atoms with Crippen molar-refractivity contribution in [3.8, 4) is 5.75 Å². The molecule has 1 aromatic carbocycles. The number of methoxy groups -OCH3 is 1. The Morgan fingerprint density at radius 1 is 1.24 bits per heavy atom. The van der Waals surface area contributed by atoms with Gasteiger partial charge >= 0.3 is 0 Å². The number of carbonyl (C=O) groups is 2. The monoisotopic (exact) mass is 400 g/mol. The number of hydrogen-bond acceptors (Lipinski definition) is 4. The highest BCUT2D eigenvalue weighted by Crippen LogP contribution is 2.41. The van der Waals surface area contributed by atoms with E-state index in [0.29, 0.717) is 51.6 Å². The zero-order valence-corrected chi connectivity index (χ0v) is 17.3. The van der Waals surface area contributed by atoms with Crippen LogP contribution in [0.2, 0.25) is 0 Å². The molecule has 2 heterocycles. The summed E-state index contributed by atoms with van der Waals surface area (Å²) in [6, 6.07) is 8.01. The molecule has 6 heteroatoms. The number of carbonyl (C=O) groups excluding carboxylic acids is 2. The van der Waals surface area contributed by atoms with E-state index in [1.165, 1.54) is 12.8 Å². The average molecular weight is 401 g/mol. The van der Waals surface area contributed by atoms with Crippen molar-refractivity contribution in [2.75, 3.05) is 40.0 Å². The molecular weight excluding hydrogens is 368 g/mol. The maximum absolute atomic E-state index is 13.4. The Morgan fingerprint density at radius 2 is 2.03 bits per heavy atom. The first-order chi connectivity index (χ1) is 14.2. The van der Waals surface area contributed by atoms with Gasteiger partial charge in [-0.2, -0.15) is 0 Å². The molecule has 2 aliphatic heterocycles. The summed E-state index contributed by atoms with van der Waals surface area (Å²) >= 11 is 0. The van der Waals surface area contributed by atoms with E-state index in [4.69, 9.17) is 9.47 Å². The Balaban J connectivity index is 1.61. The molecule has 2 fully saturated rings. The summed E-state index contributed by atoms with van der Waals surface area (Å²) in [6.45, 7) is 2.69. The number of rotatable bonds is 5. The summed E-state index contributed by atoms with van der Waals surface area (Å²) in [5, 5.41) is 0. The van der Waals surface area contributed by atoms with Gasteiger partial charge in [0, 0.05) is 51.1 Å². The fourth-order valence-electron chi connectivity index (χ4n) is 5.15. The van der Waals surface area contributed by atoms with E-state index in [1.807, 2.05) is 28.0 Å². The van der Waals surface area contributed by atoms with Crippen molar-refractivity contribution in [1.82, 2.24) is 9.80 Å². The van der Waals surface area contributed by atoms with Crippen molar-refractivity contribution in [3.63, 3.8) is 0 Å². The SMILES string of the molecule is COCCN1C[C@H]2COc3ccccc3[C@H]2N(C(=O)CC2CCCC2)CCC1=O. The quantitative estimate of drug-likeness (QED) is 0.762. The van der Waals surface area contributed by atoms with E-state index in [2.05, 4.69) is 6.07 Å². The summed E-state index contributed by atoms with van der Waals surface area (Å²) in [4.78, 5) is 30.1. The molecule has 0 aromatic heterocycles. The smallest absolute Gasteiger partial charge is 0.224 e. The molecule has 1 aromatic rings. The molecule has 3 aliphatic rings. The number of nitrogens with zero attached hydrogens (tertiary/aromatic N) is 2. The van der Waals surface area contributed by atoms with Crippen molar-refractivity contribution in [2.45, 2.75) is 44.6 Å². The lowest BCUT2D eigenvalue weighted by Gasteiger charge is -2.44. The van der Waals surface area contributed by atoms with Crippen LogP contribution in [-0.2, 0) is 14.3 Å². The van der Waals surface area contributed by atoms with E-state index in [9.17, 15) is 9.59 Å². The van der Waals surface area contributed by atoms with Crippen LogP contribution >= 0.6 is 0 Å². The van der Waals surface area contributed by atoms with E-state index in [0.717, 1.165) is 24.2 Å². The number of amides is 2. The molecule has 29 heavy (non-hydrogen) atoms. The number of ether oxygens (including phenoxy) is 2. The lowest BCUT2D eigenvalue weighted by atomic mass is 9.87. The van der Waals surface area contributed by atoms with E-state index >= 15 is 0 Å². The summed E-state index contributed by atoms with van der Waals surface area (Å²) < 4.78 is 11.2. The Kier molecular flexibility index (Phi) is 6.38. The number of para-hydroxylation sites is 1. The maximum Gasteiger partial charge on any atom is 0.224 e. The Hall–Kier alpha value is -2.08. The average Bonchev–Trinajstić information content (AvgIpc) is 3.23. The minimum Gasteiger partial charge on any atom is -0.493 e. The first-order valence-electron chi connectivity index (χ1n) is 10.9. The predicted octanol–water partition coefficient (Wildman–Crippen LogP) is 3.02. The number of benzene rings is 1. The van der Waals surface area contributed by atoms with Gasteiger partial charge in [-0.3, -0.25) is 9.59 Å². The van der Waals surface area contributed by atoms with Crippen molar-refractivity contribution in [1.29, 1.82) is 0 Å². The molecule has 6 nitrogen and oxygen atoms in total. The van der Waals surface area contributed by atoms with Crippen LogP contribution in [-0.4, -0.2) is 61.6 Å². The van der Waals surface area contributed by atoms with Crippen LogP contribution in [0.4, 0.5) is 0 Å². The summed E-state index contributed by atoms with van der Waals surface area (Å²) in [5.74, 6) is 1.72. The molecule has 0 unspecified atom stereocenters. The van der Waals surface area contributed by atoms with Gasteiger partial charge in [0.1, 0.15) is 5.75 Å². The molecule has 1 aliphatic carbocycles. The van der Waals surface area contributed by atoms with Crippen LogP contribution in [0.3, 0.4) is 0 Å². The minimum atomic E-state index is -0.0352. The second-order valence-corrected chi connectivity index (χ2v) is 8.58. The van der Waals surface area contributed by atoms with E-state index in [-0.39, 0.29) is 23.8 Å². The Bertz CT molecular complexity index is 731. The van der Waals surface area contributed by atoms with Crippen LogP contribution in [0, 0.1) is 11.8 Å². The largest absolute Gasteiger partial charge is 0.493 e. The van der Waals surface area contributed by atoms with Crippen molar-refractivity contribution < 1.29 is 19.1 Å². The van der Waals surface area contributed by atoms with Gasteiger partial charge in [-0.1, -0.05) is 31.0 Å². The zero-order chi connectivity index (χ0) is 20.2. The van der Waals surface area contributed by atoms with Gasteiger partial charge in [0.05, 0.1) is 19.3 Å². The molecule has 0 N–H and O–H groups in total. The van der Waals surface area contributed by atoms with Crippen LogP contribution < -0.4 is 4.74 Å². The molecule has 4 rings (SSSR count). The lowest BCUT2D eigenvalue weighted by molar-refractivity contribution is -0.143. The lowest BCUT2D eigenvalue weighted by Crippen LogP contribution is -2.51. The third-order valence-corrected chi connectivity index (χ3v) is 6.67. The second-order valence-electron chi connectivity index (χ2n) is 8.58. The van der Waals surface area contributed by atoms with Gasteiger partial charge < -0.3 is 19.3 Å². The highest BCUT2D eigenvalue weighted by Gasteiger charge is 2.41. The third-order valence-electron chi connectivity index (χ3n) is 6.67. The second kappa shape index (κ2) is 9.16. The van der Waals surface area contributed by atoms with Crippen molar-refractivity contribution in [3.05, 3.63) is 29.8 Å². The topological polar surface area (TPSA) is 59.1 Å². The van der Waals surface area contributed by atoms with Gasteiger partial charge in [0.2, 0.25) is 11.8 Å². The molecule has 0 spiro atoms. The minimum absolute atomic E-state index is 0.0352. The fourth-order valence-corrected chi connectivity index (χ4v) is 5.15. The van der Waals surface area contributed by atoms with Crippen LogP contribution in [0.25, 0.3) is 0 Å². The summed E-state index contributed by atoms with van der Waals surface area (Å²) in [6.07, 6.45) is 5.73. The molecule has 1 saturated carbocycles. The molecule has 158 valence electrons. The van der Waals surface area contributed by atoms with Gasteiger partial charge in [0.25, 0.3) is 0 Å². The van der Waals surface area contributed by atoms with Crippen LogP contribution in [0.15, 0.2) is 24.3 Å². The van der Waals surface area contributed by atoms with Crippen molar-refractivity contribution >= 4 is 11.8 Å². The normalized spacial score (nSPS) is 25.1. The van der Waals surface area contributed by atoms with E-state index in [1.54, 1.807) is 7.11 Å². The summed E-state index contributed by atoms with van der Waals surface area (Å²) in [5.41, 5.74) is 1.07. The molecule has 0 radical (unpaired) electrons. The predicted molar refractivity (Wildman–Crippen MR) is 110 cm³/mol. The molecule has 2 atom stereocenters. The van der Waals surface area contributed by atoms with E-state index < -0.39 is 0 Å². The van der Waals surface area contributed by atoms with Gasteiger partial charge in [-0.05, 0) is 24.8 Å². The molecular formula is C23H32N2O4. The Morgan fingerprint density at radius 3 is 2.83 bits per heavy atom. The Labute approximate surface area is 173 Å². The standard InChI is InChI=1S/C23H32N2O4/c1-28-13-12-24-15-18-16-29-20-9-5-4-8-19(20)23(18)25(11-10-21(24)26)22(27)14-17-6-2-3-7-17/h4-5,8-9,17-18,23H,2-3,6-7,10-16H2,1H3/t18-,23-/m0/s1. The van der Waals surface area contributed by atoms with Gasteiger partial charge in [-0.15, -0.1) is 0 Å².